The molecule has 0 aliphatic carbocycles. The average Bonchev–Trinajstić information content (AvgIpc) is 2.65. The molecule has 2 N–H and O–H groups in total. The van der Waals surface area contributed by atoms with E-state index in [1.54, 1.807) is 0 Å². The second-order valence-electron chi connectivity index (χ2n) is 3.20. The Balaban J connectivity index is 1.91. The molecule has 0 aromatic carbocycles. The van der Waals surface area contributed by atoms with E-state index >= 15 is 0 Å². The maximum absolute atomic E-state index is 11.7. The van der Waals surface area contributed by atoms with E-state index in [1.807, 2.05) is 6.92 Å². The molecule has 82 valence electrons. The third-order valence-electron chi connectivity index (χ3n) is 1.99. The maximum atomic E-state index is 11.7. The first-order valence-corrected chi connectivity index (χ1v) is 5.49. The lowest BCUT2D eigenvalue weighted by molar-refractivity contribution is -0.120. The van der Waals surface area contributed by atoms with E-state index in [1.165, 1.54) is 11.3 Å². The van der Waals surface area contributed by atoms with Gasteiger partial charge in [-0.05, 0) is 6.92 Å². The predicted molar refractivity (Wildman–Crippen MR) is 55.9 cm³/mol. The van der Waals surface area contributed by atoms with Crippen molar-refractivity contribution in [2.24, 2.45) is 0 Å². The van der Waals surface area contributed by atoms with Gasteiger partial charge in [0.2, 0.25) is 11.0 Å². The largest absolute Gasteiger partial charge is 0.378 e. The van der Waals surface area contributed by atoms with Gasteiger partial charge in [0.1, 0.15) is 11.0 Å². The first-order chi connectivity index (χ1) is 7.25. The number of hydrogen-bond donors (Lipinski definition) is 2. The Kier molecular flexibility index (Phi) is 3.24. The molecular weight excluding hydrogens is 216 g/mol. The summed E-state index contributed by atoms with van der Waals surface area (Å²) in [6, 6.07) is -0.289. The number of carbonyl (C=O) groups is 1. The quantitative estimate of drug-likeness (QED) is 0.731. The molecule has 1 aliphatic heterocycles. The number of morpholine rings is 1. The van der Waals surface area contributed by atoms with Crippen LogP contribution < -0.4 is 10.6 Å². The number of amides is 1. The van der Waals surface area contributed by atoms with E-state index < -0.39 is 0 Å². The van der Waals surface area contributed by atoms with Gasteiger partial charge in [-0.1, -0.05) is 11.3 Å². The number of aromatic nitrogens is 2. The summed E-state index contributed by atoms with van der Waals surface area (Å²) in [6.45, 7) is 3.61. The van der Waals surface area contributed by atoms with Crippen molar-refractivity contribution in [1.29, 1.82) is 0 Å². The molecule has 1 aliphatic rings. The van der Waals surface area contributed by atoms with Crippen LogP contribution in [0.1, 0.15) is 5.01 Å². The number of aryl methyl sites for hydroxylation is 1. The molecule has 1 fully saturated rings. The summed E-state index contributed by atoms with van der Waals surface area (Å²) < 4.78 is 5.19. The molecule has 0 spiro atoms. The third-order valence-corrected chi connectivity index (χ3v) is 2.75. The lowest BCUT2D eigenvalue weighted by atomic mass is 10.2. The summed E-state index contributed by atoms with van der Waals surface area (Å²) in [5, 5.41) is 14.8. The van der Waals surface area contributed by atoms with E-state index in [0.717, 1.165) is 5.01 Å². The minimum Gasteiger partial charge on any atom is -0.378 e. The number of nitrogens with zero attached hydrogens (tertiary/aromatic N) is 2. The molecule has 1 unspecified atom stereocenters. The molecule has 1 aromatic heterocycles. The minimum atomic E-state index is -0.289. The highest BCUT2D eigenvalue weighted by Gasteiger charge is 2.21. The molecule has 2 rings (SSSR count). The molecule has 0 saturated carbocycles. The van der Waals surface area contributed by atoms with E-state index in [9.17, 15) is 4.79 Å². The average molecular weight is 228 g/mol. The van der Waals surface area contributed by atoms with Gasteiger partial charge in [0, 0.05) is 6.54 Å². The summed E-state index contributed by atoms with van der Waals surface area (Å²) in [4.78, 5) is 11.7. The highest BCUT2D eigenvalue weighted by molar-refractivity contribution is 7.15. The second kappa shape index (κ2) is 4.65. The van der Waals surface area contributed by atoms with Crippen LogP contribution in [0.15, 0.2) is 0 Å². The standard InChI is InChI=1S/C8H12N4O2S/c1-5-11-12-8(15-5)10-7(13)6-4-14-3-2-9-6/h6,9H,2-4H2,1H3,(H,10,12,13). The van der Waals surface area contributed by atoms with Crippen molar-refractivity contribution in [2.75, 3.05) is 25.1 Å². The highest BCUT2D eigenvalue weighted by atomic mass is 32.1. The number of ether oxygens (including phenoxy) is 1. The van der Waals surface area contributed by atoms with Crippen LogP contribution in [0.4, 0.5) is 5.13 Å². The molecule has 1 atom stereocenters. The van der Waals surface area contributed by atoms with Crippen molar-refractivity contribution < 1.29 is 9.53 Å². The van der Waals surface area contributed by atoms with Gasteiger partial charge in [-0.15, -0.1) is 10.2 Å². The second-order valence-corrected chi connectivity index (χ2v) is 4.38. The van der Waals surface area contributed by atoms with Gasteiger partial charge in [0.05, 0.1) is 13.2 Å². The van der Waals surface area contributed by atoms with Crippen molar-refractivity contribution in [1.82, 2.24) is 15.5 Å². The molecule has 6 nitrogen and oxygen atoms in total. The first kappa shape index (κ1) is 10.5. The molecule has 2 heterocycles. The van der Waals surface area contributed by atoms with Crippen molar-refractivity contribution >= 4 is 22.4 Å². The highest BCUT2D eigenvalue weighted by Crippen LogP contribution is 2.13. The number of anilines is 1. The van der Waals surface area contributed by atoms with Crippen LogP contribution in [0, 0.1) is 6.92 Å². The van der Waals surface area contributed by atoms with E-state index in [2.05, 4.69) is 20.8 Å². The maximum Gasteiger partial charge on any atom is 0.245 e. The van der Waals surface area contributed by atoms with Crippen molar-refractivity contribution in [3.05, 3.63) is 5.01 Å². The molecule has 0 bridgehead atoms. The SMILES string of the molecule is Cc1nnc(NC(=O)C2COCCN2)s1. The lowest BCUT2D eigenvalue weighted by Crippen LogP contribution is -2.48. The van der Waals surface area contributed by atoms with Crippen LogP contribution >= 0.6 is 11.3 Å². The summed E-state index contributed by atoms with van der Waals surface area (Å²) >= 11 is 1.36. The molecule has 15 heavy (non-hydrogen) atoms. The van der Waals surface area contributed by atoms with Crippen LogP contribution in [0.25, 0.3) is 0 Å². The van der Waals surface area contributed by atoms with Crippen LogP contribution in [-0.2, 0) is 9.53 Å². The predicted octanol–water partition coefficient (Wildman–Crippen LogP) is -0.227. The minimum absolute atomic E-state index is 0.120. The Morgan fingerprint density at radius 3 is 3.13 bits per heavy atom. The summed E-state index contributed by atoms with van der Waals surface area (Å²) in [5.41, 5.74) is 0. The molecule has 1 aromatic rings. The Morgan fingerprint density at radius 1 is 1.67 bits per heavy atom. The number of nitrogens with one attached hydrogen (secondary N) is 2. The Labute approximate surface area is 91.0 Å². The van der Waals surface area contributed by atoms with Crippen molar-refractivity contribution in [3.8, 4) is 0 Å². The smallest absolute Gasteiger partial charge is 0.245 e. The monoisotopic (exact) mass is 228 g/mol. The first-order valence-electron chi connectivity index (χ1n) is 4.68. The van der Waals surface area contributed by atoms with Crippen LogP contribution in [0.2, 0.25) is 0 Å². The van der Waals surface area contributed by atoms with E-state index in [4.69, 9.17) is 4.74 Å². The van der Waals surface area contributed by atoms with E-state index in [-0.39, 0.29) is 11.9 Å². The van der Waals surface area contributed by atoms with Crippen molar-refractivity contribution in [3.63, 3.8) is 0 Å². The molecule has 1 saturated heterocycles. The van der Waals surface area contributed by atoms with Gasteiger partial charge in [0.25, 0.3) is 0 Å². The Bertz CT molecular complexity index is 348. The van der Waals surface area contributed by atoms with Gasteiger partial charge in [-0.25, -0.2) is 0 Å². The Morgan fingerprint density at radius 2 is 2.53 bits per heavy atom. The molecule has 0 radical (unpaired) electrons. The fourth-order valence-corrected chi connectivity index (χ4v) is 1.87. The zero-order chi connectivity index (χ0) is 10.7. The number of rotatable bonds is 2. The summed E-state index contributed by atoms with van der Waals surface area (Å²) in [7, 11) is 0. The molecule has 1 amide bonds. The lowest BCUT2D eigenvalue weighted by Gasteiger charge is -2.22. The number of hydrogen-bond acceptors (Lipinski definition) is 6. The van der Waals surface area contributed by atoms with Crippen LogP contribution in [0.5, 0.6) is 0 Å². The van der Waals surface area contributed by atoms with Crippen molar-refractivity contribution in [2.45, 2.75) is 13.0 Å². The van der Waals surface area contributed by atoms with Crippen LogP contribution in [0.3, 0.4) is 0 Å². The van der Waals surface area contributed by atoms with E-state index in [0.29, 0.717) is 24.9 Å². The van der Waals surface area contributed by atoms with Gasteiger partial charge >= 0.3 is 0 Å². The van der Waals surface area contributed by atoms with Crippen LogP contribution in [-0.4, -0.2) is 41.9 Å². The number of carbonyl (C=O) groups excluding carboxylic acids is 1. The summed E-state index contributed by atoms with van der Waals surface area (Å²) in [5.74, 6) is -0.120. The fourth-order valence-electron chi connectivity index (χ4n) is 1.27. The molecular formula is C8H12N4O2S. The molecule has 7 heteroatoms. The third kappa shape index (κ3) is 2.71. The zero-order valence-electron chi connectivity index (χ0n) is 8.32. The Hall–Kier alpha value is -1.05. The topological polar surface area (TPSA) is 76.1 Å². The van der Waals surface area contributed by atoms with Gasteiger partial charge in [-0.3, -0.25) is 10.1 Å². The van der Waals surface area contributed by atoms with Gasteiger partial charge in [-0.2, -0.15) is 0 Å². The van der Waals surface area contributed by atoms with Gasteiger partial charge < -0.3 is 10.1 Å². The zero-order valence-corrected chi connectivity index (χ0v) is 9.13. The normalized spacial score (nSPS) is 21.3. The van der Waals surface area contributed by atoms with Gasteiger partial charge in [0.15, 0.2) is 0 Å². The summed E-state index contributed by atoms with van der Waals surface area (Å²) in [6.07, 6.45) is 0. The fraction of sp³-hybridized carbons (Fsp3) is 0.625.